The van der Waals surface area contributed by atoms with E-state index in [4.69, 9.17) is 4.74 Å². The molecule has 0 unspecified atom stereocenters. The van der Waals surface area contributed by atoms with Crippen LogP contribution in [0.4, 0.5) is 5.69 Å². The molecule has 4 heteroatoms. The van der Waals surface area contributed by atoms with E-state index in [0.717, 1.165) is 61.4 Å². The van der Waals surface area contributed by atoms with Gasteiger partial charge in [-0.15, -0.1) is 0 Å². The summed E-state index contributed by atoms with van der Waals surface area (Å²) in [6.45, 7) is 13.0. The van der Waals surface area contributed by atoms with Crippen molar-refractivity contribution in [2.75, 3.05) is 31.5 Å². The van der Waals surface area contributed by atoms with Gasteiger partial charge in [-0.05, 0) is 46.0 Å². The molecule has 0 spiro atoms. The zero-order valence-corrected chi connectivity index (χ0v) is 15.4. The van der Waals surface area contributed by atoms with E-state index >= 15 is 0 Å². The Hall–Kier alpha value is -1.81. The summed E-state index contributed by atoms with van der Waals surface area (Å²) in [7, 11) is 0. The van der Waals surface area contributed by atoms with Gasteiger partial charge in [-0.3, -0.25) is 4.98 Å². The number of rotatable bonds is 7. The second-order valence-electron chi connectivity index (χ2n) is 7.15. The zero-order valence-electron chi connectivity index (χ0n) is 15.4. The maximum Gasteiger partial charge on any atom is 0.149 e. The molecule has 2 aromatic rings. The smallest absolute Gasteiger partial charge is 0.149 e. The summed E-state index contributed by atoms with van der Waals surface area (Å²) in [5.41, 5.74) is 3.26. The van der Waals surface area contributed by atoms with E-state index in [1.54, 1.807) is 0 Å². The Kier molecular flexibility index (Phi) is 4.95. The molecule has 0 radical (unpaired) electrons. The molecular weight excluding hydrogens is 298 g/mol. The first kappa shape index (κ1) is 17.0. The molecule has 0 bridgehead atoms. The molecule has 2 heterocycles. The van der Waals surface area contributed by atoms with Crippen molar-refractivity contribution >= 4 is 16.6 Å². The van der Waals surface area contributed by atoms with E-state index in [9.17, 15) is 0 Å². The second kappa shape index (κ2) is 6.98. The Morgan fingerprint density at radius 1 is 1.21 bits per heavy atom. The monoisotopic (exact) mass is 327 g/mol. The minimum absolute atomic E-state index is 0.133. The highest BCUT2D eigenvalue weighted by Gasteiger charge is 2.31. The van der Waals surface area contributed by atoms with Crippen molar-refractivity contribution in [1.82, 2.24) is 9.88 Å². The van der Waals surface area contributed by atoms with E-state index in [0.29, 0.717) is 0 Å². The SMILES string of the molecule is CCN(CC)CCCNc1ccnc2c3c(ccc12)CC(C)(C)O3. The first-order valence-electron chi connectivity index (χ1n) is 9.10. The maximum absolute atomic E-state index is 6.15. The molecule has 3 rings (SSSR count). The molecule has 1 aliphatic heterocycles. The van der Waals surface area contributed by atoms with E-state index < -0.39 is 0 Å². The standard InChI is InChI=1S/C20H29N3O/c1-5-23(6-2)13-7-11-21-17-10-12-22-18-16(17)9-8-15-14-20(3,4)24-19(15)18/h8-10,12H,5-7,11,13-14H2,1-4H3,(H,21,22). The number of nitrogens with one attached hydrogen (secondary N) is 1. The lowest BCUT2D eigenvalue weighted by Crippen LogP contribution is -2.25. The molecule has 4 nitrogen and oxygen atoms in total. The molecule has 130 valence electrons. The minimum Gasteiger partial charge on any atom is -0.485 e. The number of hydrogen-bond donors (Lipinski definition) is 1. The van der Waals surface area contributed by atoms with Crippen molar-refractivity contribution < 1.29 is 4.74 Å². The molecule has 0 saturated heterocycles. The van der Waals surface area contributed by atoms with Crippen LogP contribution in [-0.2, 0) is 6.42 Å². The topological polar surface area (TPSA) is 37.4 Å². The van der Waals surface area contributed by atoms with Gasteiger partial charge in [0.1, 0.15) is 16.9 Å². The minimum atomic E-state index is -0.133. The molecule has 1 aromatic carbocycles. The zero-order chi connectivity index (χ0) is 17.2. The Balaban J connectivity index is 1.74. The average molecular weight is 327 g/mol. The lowest BCUT2D eigenvalue weighted by molar-refractivity contribution is 0.140. The van der Waals surface area contributed by atoms with Crippen LogP contribution in [0.2, 0.25) is 0 Å². The van der Waals surface area contributed by atoms with Crippen LogP contribution in [0.3, 0.4) is 0 Å². The number of fused-ring (bicyclic) bond motifs is 3. The molecule has 1 aromatic heterocycles. The van der Waals surface area contributed by atoms with Gasteiger partial charge in [0.15, 0.2) is 0 Å². The van der Waals surface area contributed by atoms with Crippen LogP contribution in [0.15, 0.2) is 24.4 Å². The van der Waals surface area contributed by atoms with Gasteiger partial charge in [0, 0.05) is 35.8 Å². The largest absolute Gasteiger partial charge is 0.485 e. The number of nitrogens with zero attached hydrogens (tertiary/aromatic N) is 2. The number of hydrogen-bond acceptors (Lipinski definition) is 4. The van der Waals surface area contributed by atoms with E-state index in [-0.39, 0.29) is 5.60 Å². The van der Waals surface area contributed by atoms with Crippen molar-refractivity contribution in [1.29, 1.82) is 0 Å². The molecule has 0 amide bonds. The van der Waals surface area contributed by atoms with Gasteiger partial charge >= 0.3 is 0 Å². The summed E-state index contributed by atoms with van der Waals surface area (Å²) in [6, 6.07) is 6.43. The second-order valence-corrected chi connectivity index (χ2v) is 7.15. The van der Waals surface area contributed by atoms with Gasteiger partial charge in [-0.1, -0.05) is 26.0 Å². The van der Waals surface area contributed by atoms with Crippen LogP contribution < -0.4 is 10.1 Å². The molecular formula is C20H29N3O. The van der Waals surface area contributed by atoms with Crippen LogP contribution in [0.5, 0.6) is 5.75 Å². The van der Waals surface area contributed by atoms with Crippen molar-refractivity contribution in [2.45, 2.75) is 46.1 Å². The third kappa shape index (κ3) is 3.48. The predicted molar refractivity (Wildman–Crippen MR) is 101 cm³/mol. The van der Waals surface area contributed by atoms with E-state index in [1.807, 2.05) is 6.20 Å². The lowest BCUT2D eigenvalue weighted by atomic mass is 10.0. The van der Waals surface area contributed by atoms with Gasteiger partial charge in [0.25, 0.3) is 0 Å². The van der Waals surface area contributed by atoms with E-state index in [2.05, 4.69) is 61.1 Å². The molecule has 1 N–H and O–H groups in total. The number of ether oxygens (including phenoxy) is 1. The average Bonchev–Trinajstić information content (AvgIpc) is 2.89. The molecule has 0 fully saturated rings. The normalized spacial score (nSPS) is 15.5. The fraction of sp³-hybridized carbons (Fsp3) is 0.550. The number of anilines is 1. The Bertz CT molecular complexity index is 707. The van der Waals surface area contributed by atoms with Crippen molar-refractivity contribution in [3.8, 4) is 5.75 Å². The molecule has 0 aliphatic carbocycles. The third-order valence-electron chi connectivity index (χ3n) is 4.80. The Morgan fingerprint density at radius 3 is 2.75 bits per heavy atom. The number of benzene rings is 1. The summed E-state index contributed by atoms with van der Waals surface area (Å²) >= 11 is 0. The molecule has 0 saturated carbocycles. The lowest BCUT2D eigenvalue weighted by Gasteiger charge is -2.18. The summed E-state index contributed by atoms with van der Waals surface area (Å²) in [4.78, 5) is 7.04. The summed E-state index contributed by atoms with van der Waals surface area (Å²) in [5.74, 6) is 0.962. The molecule has 0 atom stereocenters. The molecule has 24 heavy (non-hydrogen) atoms. The summed E-state index contributed by atoms with van der Waals surface area (Å²) in [5, 5.41) is 4.73. The fourth-order valence-electron chi connectivity index (χ4n) is 3.48. The number of pyridine rings is 1. The van der Waals surface area contributed by atoms with Crippen LogP contribution in [0, 0.1) is 0 Å². The van der Waals surface area contributed by atoms with Crippen LogP contribution >= 0.6 is 0 Å². The highest BCUT2D eigenvalue weighted by atomic mass is 16.5. The van der Waals surface area contributed by atoms with Crippen LogP contribution in [0.1, 0.15) is 39.7 Å². The van der Waals surface area contributed by atoms with Gasteiger partial charge in [0.2, 0.25) is 0 Å². The van der Waals surface area contributed by atoms with Gasteiger partial charge in [0.05, 0.1) is 0 Å². The van der Waals surface area contributed by atoms with Crippen LogP contribution in [-0.4, -0.2) is 41.7 Å². The number of aromatic nitrogens is 1. The Labute approximate surface area is 145 Å². The van der Waals surface area contributed by atoms with Crippen molar-refractivity contribution in [2.24, 2.45) is 0 Å². The van der Waals surface area contributed by atoms with Crippen molar-refractivity contribution in [3.05, 3.63) is 30.0 Å². The quantitative estimate of drug-likeness (QED) is 0.777. The fourth-order valence-corrected chi connectivity index (χ4v) is 3.48. The first-order chi connectivity index (χ1) is 11.5. The van der Waals surface area contributed by atoms with Crippen LogP contribution in [0.25, 0.3) is 10.9 Å². The van der Waals surface area contributed by atoms with E-state index in [1.165, 1.54) is 5.56 Å². The van der Waals surface area contributed by atoms with Gasteiger partial charge in [-0.25, -0.2) is 0 Å². The highest BCUT2D eigenvalue weighted by molar-refractivity contribution is 5.95. The van der Waals surface area contributed by atoms with Gasteiger partial charge in [-0.2, -0.15) is 0 Å². The first-order valence-corrected chi connectivity index (χ1v) is 9.10. The summed E-state index contributed by atoms with van der Waals surface area (Å²) < 4.78 is 6.15. The predicted octanol–water partition coefficient (Wildman–Crippen LogP) is 4.09. The molecule has 1 aliphatic rings. The maximum atomic E-state index is 6.15. The van der Waals surface area contributed by atoms with Gasteiger partial charge < -0.3 is 15.0 Å². The third-order valence-corrected chi connectivity index (χ3v) is 4.80. The highest BCUT2D eigenvalue weighted by Crippen LogP contribution is 2.40. The Morgan fingerprint density at radius 2 is 2.00 bits per heavy atom. The van der Waals surface area contributed by atoms with Crippen molar-refractivity contribution in [3.63, 3.8) is 0 Å². The summed E-state index contributed by atoms with van der Waals surface area (Å²) in [6.07, 6.45) is 3.96.